The van der Waals surface area contributed by atoms with Crippen molar-refractivity contribution in [2.24, 2.45) is 16.7 Å². The molecule has 236 valence electrons. The third-order valence-electron chi connectivity index (χ3n) is 8.78. The lowest BCUT2D eigenvalue weighted by Crippen LogP contribution is -2.30. The van der Waals surface area contributed by atoms with Crippen LogP contribution in [0.1, 0.15) is 89.0 Å². The Labute approximate surface area is 268 Å². The minimum absolute atomic E-state index is 0.0117. The molecule has 2 heteroatoms. The van der Waals surface area contributed by atoms with Crippen LogP contribution in [0.2, 0.25) is 0 Å². The van der Waals surface area contributed by atoms with Crippen LogP contribution < -0.4 is 0 Å². The number of hydrogen-bond acceptors (Lipinski definition) is 2. The van der Waals surface area contributed by atoms with E-state index >= 15 is 0 Å². The highest BCUT2D eigenvalue weighted by atomic mass is 16.3. The Bertz CT molecular complexity index is 1330. The molecule has 0 saturated carbocycles. The highest BCUT2D eigenvalue weighted by Crippen LogP contribution is 2.43. The largest absolute Gasteiger partial charge is 0.388 e. The lowest BCUT2D eigenvalue weighted by atomic mass is 9.68. The first kappa shape index (κ1) is 36.7. The molecule has 0 aliphatic heterocycles. The Morgan fingerprint density at radius 2 is 1.07 bits per heavy atom. The van der Waals surface area contributed by atoms with Gasteiger partial charge in [0.15, 0.2) is 5.78 Å². The molecule has 0 spiro atoms. The third kappa shape index (κ3) is 10.6. The number of hydrogen-bond donors (Lipinski definition) is 1. The van der Waals surface area contributed by atoms with E-state index in [9.17, 15) is 9.90 Å². The highest BCUT2D eigenvalue weighted by molar-refractivity contribution is 5.98. The molecule has 0 fully saturated rings. The van der Waals surface area contributed by atoms with Crippen LogP contribution in [0.3, 0.4) is 0 Å². The first-order chi connectivity index (χ1) is 20.5. The zero-order valence-corrected chi connectivity index (χ0v) is 29.2. The maximum Gasteiger partial charge on any atom is 0.161 e. The van der Waals surface area contributed by atoms with Crippen molar-refractivity contribution in [1.82, 2.24) is 0 Å². The molecule has 0 aromatic rings. The maximum absolute atomic E-state index is 12.5. The summed E-state index contributed by atoms with van der Waals surface area (Å²) in [6, 6.07) is 0. The van der Waals surface area contributed by atoms with Crippen LogP contribution in [-0.4, -0.2) is 17.0 Å². The van der Waals surface area contributed by atoms with Crippen LogP contribution in [0.4, 0.5) is 0 Å². The van der Waals surface area contributed by atoms with Crippen molar-refractivity contribution in [2.75, 3.05) is 0 Å². The fraction of sp³-hybridized carbons (Fsp3) is 0.405. The van der Waals surface area contributed by atoms with E-state index in [1.165, 1.54) is 11.1 Å². The first-order valence-electron chi connectivity index (χ1n) is 15.9. The molecule has 1 N–H and O–H groups in total. The number of ketones is 1. The van der Waals surface area contributed by atoms with Crippen molar-refractivity contribution >= 4 is 5.78 Å². The molecule has 0 radical (unpaired) electrons. The van der Waals surface area contributed by atoms with Crippen LogP contribution in [0.5, 0.6) is 0 Å². The van der Waals surface area contributed by atoms with E-state index in [-0.39, 0.29) is 22.5 Å². The van der Waals surface area contributed by atoms with E-state index in [1.807, 2.05) is 13.8 Å². The standard InChI is InChI=1S/C42H56O2/c1-29(19-15-21-31(3)23-25-37-34(6)35(7)39(43)28-42(37,11)12)17-13-14-18-30(2)20-16-22-32(4)24-26-38-36(8)40(44)33(5)27-41(38,9)10/h13-26,33,39,43H,7,27-28H2,1-6,8-12H3/b14-13+,19-15+,20-16+,25-23+,26-24+,29-17+,30-18+,31-21+,32-22+. The highest BCUT2D eigenvalue weighted by Gasteiger charge is 2.35. The van der Waals surface area contributed by atoms with Crippen molar-refractivity contribution in [1.29, 1.82) is 0 Å². The second kappa shape index (κ2) is 16.0. The van der Waals surface area contributed by atoms with Gasteiger partial charge in [-0.05, 0) is 93.1 Å². The molecule has 0 aromatic heterocycles. The normalized spacial score (nSPS) is 24.5. The SMILES string of the molecule is C=C1C(C)=C(/C=C/C(C)=C/C=C/C(C)=C/C=C/C=C(C)/C=C/C=C(C)/C=C/C2=C(C)C(=O)C(C)CC2(C)C)C(C)(C)CC1O. The number of rotatable bonds is 10. The van der Waals surface area contributed by atoms with Crippen molar-refractivity contribution in [2.45, 2.75) is 95.1 Å². The summed E-state index contributed by atoms with van der Waals surface area (Å²) in [6.45, 7) is 27.3. The fourth-order valence-electron chi connectivity index (χ4n) is 6.10. The Kier molecular flexibility index (Phi) is 13.3. The average Bonchev–Trinajstić information content (AvgIpc) is 2.92. The lowest BCUT2D eigenvalue weighted by molar-refractivity contribution is -0.120. The summed E-state index contributed by atoms with van der Waals surface area (Å²) in [4.78, 5) is 12.5. The van der Waals surface area contributed by atoms with Crippen LogP contribution in [0.25, 0.3) is 0 Å². The van der Waals surface area contributed by atoms with Crippen LogP contribution in [-0.2, 0) is 4.79 Å². The van der Waals surface area contributed by atoms with Gasteiger partial charge >= 0.3 is 0 Å². The molecule has 2 unspecified atom stereocenters. The van der Waals surface area contributed by atoms with Crippen LogP contribution in [0.15, 0.2) is 142 Å². The van der Waals surface area contributed by atoms with Gasteiger partial charge in [0.05, 0.1) is 6.10 Å². The van der Waals surface area contributed by atoms with Gasteiger partial charge < -0.3 is 5.11 Å². The summed E-state index contributed by atoms with van der Waals surface area (Å²) in [5.41, 5.74) is 9.80. The Morgan fingerprint density at radius 3 is 1.55 bits per heavy atom. The first-order valence-corrected chi connectivity index (χ1v) is 15.9. The molecule has 2 nitrogen and oxygen atoms in total. The number of allylic oxidation sites excluding steroid dienone is 21. The summed E-state index contributed by atoms with van der Waals surface area (Å²) in [6.07, 6.45) is 30.6. The molecule has 0 aromatic carbocycles. The van der Waals surface area contributed by atoms with Gasteiger partial charge in [0.2, 0.25) is 0 Å². The number of carbonyl (C=O) groups is 1. The minimum Gasteiger partial charge on any atom is -0.388 e. The Morgan fingerprint density at radius 1 is 0.682 bits per heavy atom. The predicted molar refractivity (Wildman–Crippen MR) is 192 cm³/mol. The van der Waals surface area contributed by atoms with Gasteiger partial charge in [-0.15, -0.1) is 0 Å². The minimum atomic E-state index is -0.457. The topological polar surface area (TPSA) is 37.3 Å². The molecular formula is C42H56O2. The third-order valence-corrected chi connectivity index (χ3v) is 8.78. The maximum atomic E-state index is 12.5. The molecule has 2 aliphatic carbocycles. The zero-order valence-electron chi connectivity index (χ0n) is 29.2. The quantitative estimate of drug-likeness (QED) is 0.256. The second-order valence-corrected chi connectivity index (χ2v) is 14.0. The molecule has 44 heavy (non-hydrogen) atoms. The van der Waals surface area contributed by atoms with Gasteiger partial charge in [0, 0.05) is 5.92 Å². The molecule has 0 heterocycles. The number of aliphatic hydroxyl groups is 1. The van der Waals surface area contributed by atoms with Gasteiger partial charge in [0.1, 0.15) is 0 Å². The van der Waals surface area contributed by atoms with Crippen molar-refractivity contribution in [3.63, 3.8) is 0 Å². The summed E-state index contributed by atoms with van der Waals surface area (Å²) < 4.78 is 0. The molecule has 2 aliphatic rings. The fourth-order valence-corrected chi connectivity index (χ4v) is 6.10. The van der Waals surface area contributed by atoms with Gasteiger partial charge in [-0.25, -0.2) is 0 Å². The predicted octanol–water partition coefficient (Wildman–Crippen LogP) is 11.2. The van der Waals surface area contributed by atoms with E-state index < -0.39 is 6.10 Å². The molecule has 2 atom stereocenters. The van der Waals surface area contributed by atoms with Gasteiger partial charge in [-0.3, -0.25) is 4.79 Å². The van der Waals surface area contributed by atoms with Crippen molar-refractivity contribution in [3.8, 4) is 0 Å². The molecule has 0 amide bonds. The van der Waals surface area contributed by atoms with Crippen LogP contribution >= 0.6 is 0 Å². The van der Waals surface area contributed by atoms with E-state index in [4.69, 9.17) is 0 Å². The molecule has 0 bridgehead atoms. The average molecular weight is 593 g/mol. The van der Waals surface area contributed by atoms with E-state index in [1.54, 1.807) is 0 Å². The molecular weight excluding hydrogens is 536 g/mol. The van der Waals surface area contributed by atoms with E-state index in [2.05, 4.69) is 154 Å². The summed E-state index contributed by atoms with van der Waals surface area (Å²) in [5.74, 6) is 0.375. The summed E-state index contributed by atoms with van der Waals surface area (Å²) >= 11 is 0. The second-order valence-electron chi connectivity index (χ2n) is 14.0. The van der Waals surface area contributed by atoms with Crippen molar-refractivity contribution < 1.29 is 9.90 Å². The van der Waals surface area contributed by atoms with E-state index in [0.717, 1.165) is 45.4 Å². The monoisotopic (exact) mass is 592 g/mol. The van der Waals surface area contributed by atoms with Gasteiger partial charge in [-0.2, -0.15) is 0 Å². The van der Waals surface area contributed by atoms with Crippen molar-refractivity contribution in [3.05, 3.63) is 142 Å². The van der Waals surface area contributed by atoms with Gasteiger partial charge in [-0.1, -0.05) is 149 Å². The molecule has 2 rings (SSSR count). The number of carbonyl (C=O) groups excluding carboxylic acids is 1. The number of Topliss-reactive ketones (excluding diaryl/α,β-unsaturated/α-hetero) is 1. The van der Waals surface area contributed by atoms with E-state index in [0.29, 0.717) is 6.42 Å². The summed E-state index contributed by atoms with van der Waals surface area (Å²) in [5, 5.41) is 10.3. The number of aliphatic hydroxyl groups excluding tert-OH is 1. The van der Waals surface area contributed by atoms with Gasteiger partial charge in [0.25, 0.3) is 0 Å². The lowest BCUT2D eigenvalue weighted by Gasteiger charge is -2.37. The van der Waals surface area contributed by atoms with Crippen LogP contribution in [0, 0.1) is 16.7 Å². The smallest absolute Gasteiger partial charge is 0.161 e. The zero-order chi connectivity index (χ0) is 33.2. The Balaban J connectivity index is 1.95. The summed E-state index contributed by atoms with van der Waals surface area (Å²) in [7, 11) is 0. The molecule has 0 saturated heterocycles. The Hall–Kier alpha value is -3.49.